The fourth-order valence-corrected chi connectivity index (χ4v) is 4.12. The van der Waals surface area contributed by atoms with Crippen LogP contribution in [0.25, 0.3) is 0 Å². The van der Waals surface area contributed by atoms with Crippen molar-refractivity contribution in [2.24, 2.45) is 11.8 Å². The molecular weight excluding hydrogens is 422 g/mol. The number of amides is 1. The highest BCUT2D eigenvalue weighted by atomic mass is 16.6. The Morgan fingerprint density at radius 2 is 1.85 bits per heavy atom. The fraction of sp³-hybridized carbons (Fsp3) is 0.692. The van der Waals surface area contributed by atoms with E-state index < -0.39 is 29.8 Å². The molecule has 3 rings (SSSR count). The van der Waals surface area contributed by atoms with Crippen LogP contribution in [0.15, 0.2) is 30.3 Å². The predicted molar refractivity (Wildman–Crippen MR) is 125 cm³/mol. The monoisotopic (exact) mass is 461 g/mol. The molecule has 1 saturated heterocycles. The van der Waals surface area contributed by atoms with Crippen molar-refractivity contribution in [3.05, 3.63) is 30.3 Å². The third kappa shape index (κ3) is 8.88. The molecule has 1 aromatic carbocycles. The highest BCUT2D eigenvalue weighted by Crippen LogP contribution is 2.32. The molecule has 7 heteroatoms. The van der Waals surface area contributed by atoms with E-state index in [1.54, 1.807) is 20.8 Å². The number of para-hydroxylation sites is 1. The summed E-state index contributed by atoms with van der Waals surface area (Å²) in [5, 5.41) is 2.69. The van der Waals surface area contributed by atoms with Crippen molar-refractivity contribution in [1.82, 2.24) is 5.32 Å². The summed E-state index contributed by atoms with van der Waals surface area (Å²) in [6.07, 6.45) is 4.10. The number of carbonyl (C=O) groups is 2. The predicted octanol–water partition coefficient (Wildman–Crippen LogP) is 4.88. The summed E-state index contributed by atoms with van der Waals surface area (Å²) in [6.45, 7) is 8.52. The van der Waals surface area contributed by atoms with Gasteiger partial charge in [-0.05, 0) is 83.8 Å². The number of carbonyl (C=O) groups excluding carboxylic acids is 2. The largest absolute Gasteiger partial charge is 0.494 e. The summed E-state index contributed by atoms with van der Waals surface area (Å²) in [5.41, 5.74) is -0.634. The number of ether oxygens (including phenoxy) is 4. The Bertz CT molecular complexity index is 758. The van der Waals surface area contributed by atoms with Gasteiger partial charge in [0.1, 0.15) is 23.5 Å². The van der Waals surface area contributed by atoms with E-state index in [1.807, 2.05) is 37.3 Å². The summed E-state index contributed by atoms with van der Waals surface area (Å²) in [7, 11) is 0. The molecule has 0 unspecified atom stereocenters. The minimum atomic E-state index is -0.731. The Balaban J connectivity index is 1.63. The number of nitrogens with one attached hydrogen (secondary N) is 1. The van der Waals surface area contributed by atoms with Gasteiger partial charge in [0.05, 0.1) is 12.7 Å². The van der Waals surface area contributed by atoms with Gasteiger partial charge in [0.25, 0.3) is 0 Å². The summed E-state index contributed by atoms with van der Waals surface area (Å²) in [5.74, 6) is 1.21. The number of cyclic esters (lactones) is 1. The third-order valence-corrected chi connectivity index (χ3v) is 5.99. The van der Waals surface area contributed by atoms with E-state index in [9.17, 15) is 9.59 Å². The molecule has 0 spiro atoms. The first-order valence-corrected chi connectivity index (χ1v) is 12.2. The van der Waals surface area contributed by atoms with Gasteiger partial charge in [-0.25, -0.2) is 9.59 Å². The standard InChI is InChI=1S/C26H39NO6/c1-18-23(31-17-19-13-14-19)20(15-16-30-21-10-6-5-7-11-21)9-8-12-22(24(28)32-18)27-25(29)33-26(2,3)4/h5-7,10-11,18-20,22-23H,8-9,12-17H2,1-4H3,(H,27,29)/t18-,20+,22-,23-/m0/s1. The lowest BCUT2D eigenvalue weighted by Crippen LogP contribution is -2.46. The zero-order valence-electron chi connectivity index (χ0n) is 20.4. The van der Waals surface area contributed by atoms with E-state index in [0.717, 1.165) is 25.0 Å². The number of rotatable bonds is 8. The SMILES string of the molecule is C[C@@H]1OC(=O)[C@@H](NC(=O)OC(C)(C)C)CCC[C@H](CCOc2ccccc2)[C@H]1OCC1CC1. The molecule has 1 amide bonds. The minimum absolute atomic E-state index is 0.190. The van der Waals surface area contributed by atoms with E-state index in [-0.39, 0.29) is 12.0 Å². The Labute approximate surface area is 197 Å². The smallest absolute Gasteiger partial charge is 0.408 e. The van der Waals surface area contributed by atoms with Crippen molar-refractivity contribution >= 4 is 12.1 Å². The molecule has 184 valence electrons. The minimum Gasteiger partial charge on any atom is -0.494 e. The van der Waals surface area contributed by atoms with Crippen LogP contribution in [0.1, 0.15) is 66.2 Å². The zero-order chi connectivity index (χ0) is 23.8. The normalized spacial score (nSPS) is 26.4. The molecule has 0 radical (unpaired) electrons. The number of hydrogen-bond acceptors (Lipinski definition) is 6. The maximum Gasteiger partial charge on any atom is 0.408 e. The van der Waals surface area contributed by atoms with Crippen LogP contribution in [0.5, 0.6) is 5.75 Å². The van der Waals surface area contributed by atoms with Gasteiger partial charge in [-0.15, -0.1) is 0 Å². The van der Waals surface area contributed by atoms with Gasteiger partial charge < -0.3 is 24.3 Å². The van der Waals surface area contributed by atoms with Gasteiger partial charge in [-0.1, -0.05) is 24.6 Å². The Morgan fingerprint density at radius 1 is 1.12 bits per heavy atom. The van der Waals surface area contributed by atoms with Crippen LogP contribution in [-0.4, -0.2) is 49.1 Å². The van der Waals surface area contributed by atoms with E-state index in [2.05, 4.69) is 5.32 Å². The molecule has 0 bridgehead atoms. The number of benzene rings is 1. The average Bonchev–Trinajstić information content (AvgIpc) is 3.55. The van der Waals surface area contributed by atoms with Gasteiger partial charge >= 0.3 is 12.1 Å². The van der Waals surface area contributed by atoms with E-state index >= 15 is 0 Å². The van der Waals surface area contributed by atoms with Crippen molar-refractivity contribution in [3.8, 4) is 5.75 Å². The number of hydrogen-bond donors (Lipinski definition) is 1. The van der Waals surface area contributed by atoms with Gasteiger partial charge in [0.15, 0.2) is 0 Å². The molecule has 1 aliphatic carbocycles. The van der Waals surface area contributed by atoms with Crippen LogP contribution in [0, 0.1) is 11.8 Å². The van der Waals surface area contributed by atoms with Crippen LogP contribution in [-0.2, 0) is 19.0 Å². The molecule has 7 nitrogen and oxygen atoms in total. The molecule has 1 aliphatic heterocycles. The zero-order valence-corrected chi connectivity index (χ0v) is 20.4. The molecular formula is C26H39NO6. The first-order chi connectivity index (χ1) is 15.7. The van der Waals surface area contributed by atoms with E-state index in [1.165, 1.54) is 12.8 Å². The fourth-order valence-electron chi connectivity index (χ4n) is 4.12. The van der Waals surface area contributed by atoms with Crippen molar-refractivity contribution in [2.45, 2.75) is 90.1 Å². The van der Waals surface area contributed by atoms with Crippen molar-refractivity contribution < 1.29 is 28.5 Å². The van der Waals surface area contributed by atoms with Crippen LogP contribution in [0.4, 0.5) is 4.79 Å². The van der Waals surface area contributed by atoms with E-state index in [4.69, 9.17) is 18.9 Å². The molecule has 2 aliphatic rings. The summed E-state index contributed by atoms with van der Waals surface area (Å²) in [6, 6.07) is 9.03. The number of esters is 1. The second-order valence-corrected chi connectivity index (χ2v) is 10.2. The summed E-state index contributed by atoms with van der Waals surface area (Å²) < 4.78 is 23.4. The second-order valence-electron chi connectivity index (χ2n) is 10.2. The highest BCUT2D eigenvalue weighted by molar-refractivity contribution is 5.81. The lowest BCUT2D eigenvalue weighted by molar-refractivity contribution is -0.161. The lowest BCUT2D eigenvalue weighted by Gasteiger charge is -2.31. The highest BCUT2D eigenvalue weighted by Gasteiger charge is 2.36. The second kappa shape index (κ2) is 11.7. The van der Waals surface area contributed by atoms with Crippen LogP contribution >= 0.6 is 0 Å². The Kier molecular flexibility index (Phi) is 9.01. The van der Waals surface area contributed by atoms with Crippen LogP contribution < -0.4 is 10.1 Å². The molecule has 1 aromatic rings. The first kappa shape index (κ1) is 25.3. The van der Waals surface area contributed by atoms with Crippen LogP contribution in [0.3, 0.4) is 0 Å². The van der Waals surface area contributed by atoms with Gasteiger partial charge in [-0.2, -0.15) is 0 Å². The molecule has 1 N–H and O–H groups in total. The first-order valence-electron chi connectivity index (χ1n) is 12.2. The maximum absolute atomic E-state index is 12.9. The lowest BCUT2D eigenvalue weighted by atomic mass is 9.89. The van der Waals surface area contributed by atoms with Crippen molar-refractivity contribution in [2.75, 3.05) is 13.2 Å². The molecule has 0 aromatic heterocycles. The maximum atomic E-state index is 12.9. The summed E-state index contributed by atoms with van der Waals surface area (Å²) in [4.78, 5) is 25.1. The van der Waals surface area contributed by atoms with Crippen molar-refractivity contribution in [3.63, 3.8) is 0 Å². The molecule has 1 heterocycles. The molecule has 1 saturated carbocycles. The van der Waals surface area contributed by atoms with Gasteiger partial charge in [0, 0.05) is 6.61 Å². The van der Waals surface area contributed by atoms with E-state index in [0.29, 0.717) is 25.6 Å². The average molecular weight is 462 g/mol. The molecule has 4 atom stereocenters. The topological polar surface area (TPSA) is 83.1 Å². The molecule has 2 fully saturated rings. The van der Waals surface area contributed by atoms with Crippen molar-refractivity contribution in [1.29, 1.82) is 0 Å². The van der Waals surface area contributed by atoms with Crippen LogP contribution in [0.2, 0.25) is 0 Å². The Hall–Kier alpha value is -2.28. The summed E-state index contributed by atoms with van der Waals surface area (Å²) >= 11 is 0. The molecule has 33 heavy (non-hydrogen) atoms. The third-order valence-electron chi connectivity index (χ3n) is 5.99. The van der Waals surface area contributed by atoms with Gasteiger partial charge in [-0.3, -0.25) is 0 Å². The quantitative estimate of drug-likeness (QED) is 0.556. The number of alkyl carbamates (subject to hydrolysis) is 1. The Morgan fingerprint density at radius 3 is 2.52 bits per heavy atom. The van der Waals surface area contributed by atoms with Gasteiger partial charge in [0.2, 0.25) is 0 Å².